The van der Waals surface area contributed by atoms with Gasteiger partial charge in [0, 0.05) is 23.2 Å². The minimum Gasteiger partial charge on any atom is -0.263 e. The van der Waals surface area contributed by atoms with E-state index in [-0.39, 0.29) is 0 Å². The standard InChI is InChI=1S/C12H10N2/c1-2-9-3-4-10-7-14-8-11(6-13)12(10)5-9/h3-5,7-8H,2H2,1H3. The summed E-state index contributed by atoms with van der Waals surface area (Å²) in [6.45, 7) is 2.11. The lowest BCUT2D eigenvalue weighted by atomic mass is 10.0. The molecule has 0 saturated heterocycles. The molecule has 0 aliphatic rings. The molecule has 0 atom stereocenters. The van der Waals surface area contributed by atoms with Gasteiger partial charge in [0.2, 0.25) is 0 Å². The van der Waals surface area contributed by atoms with Gasteiger partial charge in [-0.15, -0.1) is 0 Å². The summed E-state index contributed by atoms with van der Waals surface area (Å²) in [7, 11) is 0. The van der Waals surface area contributed by atoms with Crippen LogP contribution in [0.25, 0.3) is 10.8 Å². The second-order valence-electron chi connectivity index (χ2n) is 3.21. The van der Waals surface area contributed by atoms with Gasteiger partial charge in [-0.1, -0.05) is 19.1 Å². The van der Waals surface area contributed by atoms with Crippen molar-refractivity contribution in [3.8, 4) is 6.07 Å². The van der Waals surface area contributed by atoms with E-state index in [2.05, 4.69) is 30.1 Å². The molecule has 0 radical (unpaired) electrons. The van der Waals surface area contributed by atoms with Gasteiger partial charge in [0.05, 0.1) is 5.56 Å². The summed E-state index contributed by atoms with van der Waals surface area (Å²) in [5.41, 5.74) is 1.90. The number of rotatable bonds is 1. The number of aryl methyl sites for hydroxylation is 1. The molecular formula is C12H10N2. The van der Waals surface area contributed by atoms with Gasteiger partial charge in [-0.05, 0) is 18.1 Å². The van der Waals surface area contributed by atoms with E-state index in [0.29, 0.717) is 5.56 Å². The first-order valence-electron chi connectivity index (χ1n) is 4.62. The number of aromatic nitrogens is 1. The van der Waals surface area contributed by atoms with Crippen LogP contribution in [0, 0.1) is 11.3 Å². The molecule has 1 heterocycles. The van der Waals surface area contributed by atoms with E-state index in [9.17, 15) is 0 Å². The summed E-state index contributed by atoms with van der Waals surface area (Å²) in [5, 5.41) is 10.9. The number of benzene rings is 1. The third kappa shape index (κ3) is 1.33. The molecule has 0 aliphatic carbocycles. The van der Waals surface area contributed by atoms with Crippen molar-refractivity contribution < 1.29 is 0 Å². The first-order chi connectivity index (χ1) is 6.85. The van der Waals surface area contributed by atoms with Gasteiger partial charge in [0.1, 0.15) is 6.07 Å². The lowest BCUT2D eigenvalue weighted by molar-refractivity contribution is 1.14. The highest BCUT2D eigenvalue weighted by Gasteiger charge is 2.00. The smallest absolute Gasteiger partial charge is 0.101 e. The van der Waals surface area contributed by atoms with Crippen molar-refractivity contribution in [2.75, 3.05) is 0 Å². The maximum atomic E-state index is 8.91. The average Bonchev–Trinajstić information content (AvgIpc) is 2.27. The normalized spacial score (nSPS) is 10.0. The van der Waals surface area contributed by atoms with E-state index in [0.717, 1.165) is 17.2 Å². The van der Waals surface area contributed by atoms with Gasteiger partial charge in [0.25, 0.3) is 0 Å². The SMILES string of the molecule is CCc1ccc2cncc(C#N)c2c1. The number of hydrogen-bond acceptors (Lipinski definition) is 2. The Balaban J connectivity index is 2.78. The molecule has 0 aliphatic heterocycles. The molecule has 1 aromatic heterocycles. The Morgan fingerprint density at radius 2 is 2.21 bits per heavy atom. The van der Waals surface area contributed by atoms with Crippen LogP contribution in [0.15, 0.2) is 30.6 Å². The Morgan fingerprint density at radius 1 is 1.36 bits per heavy atom. The summed E-state index contributed by atoms with van der Waals surface area (Å²) in [6, 6.07) is 8.31. The first kappa shape index (κ1) is 8.71. The molecule has 68 valence electrons. The van der Waals surface area contributed by atoms with Gasteiger partial charge in [-0.2, -0.15) is 5.26 Å². The number of fused-ring (bicyclic) bond motifs is 1. The van der Waals surface area contributed by atoms with Crippen LogP contribution in [-0.2, 0) is 6.42 Å². The highest BCUT2D eigenvalue weighted by molar-refractivity contribution is 5.87. The van der Waals surface area contributed by atoms with E-state index in [4.69, 9.17) is 5.26 Å². The monoisotopic (exact) mass is 182 g/mol. The third-order valence-electron chi connectivity index (χ3n) is 2.35. The molecule has 0 amide bonds. The number of hydrogen-bond donors (Lipinski definition) is 0. The molecule has 0 bridgehead atoms. The third-order valence-corrected chi connectivity index (χ3v) is 2.35. The van der Waals surface area contributed by atoms with Gasteiger partial charge < -0.3 is 0 Å². The quantitative estimate of drug-likeness (QED) is 0.679. The maximum absolute atomic E-state index is 8.91. The fraction of sp³-hybridized carbons (Fsp3) is 0.167. The summed E-state index contributed by atoms with van der Waals surface area (Å²) in [5.74, 6) is 0. The van der Waals surface area contributed by atoms with Crippen LogP contribution in [-0.4, -0.2) is 4.98 Å². The molecule has 0 N–H and O–H groups in total. The van der Waals surface area contributed by atoms with Crippen LogP contribution in [0.3, 0.4) is 0 Å². The molecule has 0 unspecified atom stereocenters. The predicted octanol–water partition coefficient (Wildman–Crippen LogP) is 2.67. The second-order valence-corrected chi connectivity index (χ2v) is 3.21. The summed E-state index contributed by atoms with van der Waals surface area (Å²) in [6.07, 6.45) is 4.39. The fourth-order valence-electron chi connectivity index (χ4n) is 1.52. The number of nitrogens with zero attached hydrogens (tertiary/aromatic N) is 2. The van der Waals surface area contributed by atoms with Crippen molar-refractivity contribution in [1.82, 2.24) is 4.98 Å². The zero-order valence-corrected chi connectivity index (χ0v) is 7.99. The van der Waals surface area contributed by atoms with Crippen LogP contribution >= 0.6 is 0 Å². The summed E-state index contributed by atoms with van der Waals surface area (Å²) >= 11 is 0. The Labute approximate surface area is 82.8 Å². The molecular weight excluding hydrogens is 172 g/mol. The van der Waals surface area contributed by atoms with Gasteiger partial charge in [-0.3, -0.25) is 4.98 Å². The van der Waals surface area contributed by atoms with Crippen LogP contribution in [0.5, 0.6) is 0 Å². The van der Waals surface area contributed by atoms with Crippen molar-refractivity contribution in [1.29, 1.82) is 5.26 Å². The lowest BCUT2D eigenvalue weighted by Crippen LogP contribution is -1.85. The van der Waals surface area contributed by atoms with Crippen molar-refractivity contribution >= 4 is 10.8 Å². The molecule has 0 fully saturated rings. The first-order valence-corrected chi connectivity index (χ1v) is 4.62. The minimum absolute atomic E-state index is 0.651. The largest absolute Gasteiger partial charge is 0.263 e. The summed E-state index contributed by atoms with van der Waals surface area (Å²) in [4.78, 5) is 4.02. The van der Waals surface area contributed by atoms with Crippen LogP contribution in [0.2, 0.25) is 0 Å². The Hall–Kier alpha value is -1.88. The van der Waals surface area contributed by atoms with Crippen LogP contribution < -0.4 is 0 Å². The number of nitriles is 1. The molecule has 2 aromatic rings. The van der Waals surface area contributed by atoms with Gasteiger partial charge in [-0.25, -0.2) is 0 Å². The highest BCUT2D eigenvalue weighted by atomic mass is 14.6. The molecule has 0 spiro atoms. The Kier molecular flexibility index (Phi) is 2.16. The molecule has 1 aromatic carbocycles. The maximum Gasteiger partial charge on any atom is 0.101 e. The average molecular weight is 182 g/mol. The van der Waals surface area contributed by atoms with Crippen LogP contribution in [0.4, 0.5) is 0 Å². The van der Waals surface area contributed by atoms with E-state index in [1.165, 1.54) is 5.56 Å². The molecule has 2 nitrogen and oxygen atoms in total. The second kappa shape index (κ2) is 3.47. The topological polar surface area (TPSA) is 36.7 Å². The van der Waals surface area contributed by atoms with Gasteiger partial charge >= 0.3 is 0 Å². The molecule has 0 saturated carbocycles. The fourth-order valence-corrected chi connectivity index (χ4v) is 1.52. The van der Waals surface area contributed by atoms with E-state index < -0.39 is 0 Å². The molecule has 2 heteroatoms. The predicted molar refractivity (Wildman–Crippen MR) is 55.8 cm³/mol. The van der Waals surface area contributed by atoms with E-state index >= 15 is 0 Å². The van der Waals surface area contributed by atoms with Crippen molar-refractivity contribution in [2.45, 2.75) is 13.3 Å². The minimum atomic E-state index is 0.651. The molecule has 14 heavy (non-hydrogen) atoms. The van der Waals surface area contributed by atoms with E-state index in [1.807, 2.05) is 6.07 Å². The van der Waals surface area contributed by atoms with E-state index in [1.54, 1.807) is 12.4 Å². The Morgan fingerprint density at radius 3 is 2.93 bits per heavy atom. The van der Waals surface area contributed by atoms with Crippen molar-refractivity contribution in [3.63, 3.8) is 0 Å². The summed E-state index contributed by atoms with van der Waals surface area (Å²) < 4.78 is 0. The van der Waals surface area contributed by atoms with Gasteiger partial charge in [0.15, 0.2) is 0 Å². The van der Waals surface area contributed by atoms with Crippen LogP contribution in [0.1, 0.15) is 18.1 Å². The van der Waals surface area contributed by atoms with Crippen molar-refractivity contribution in [2.24, 2.45) is 0 Å². The lowest BCUT2D eigenvalue weighted by Gasteiger charge is -2.01. The van der Waals surface area contributed by atoms with Crippen molar-refractivity contribution in [3.05, 3.63) is 41.7 Å². The highest BCUT2D eigenvalue weighted by Crippen LogP contribution is 2.18. The zero-order chi connectivity index (χ0) is 9.97. The Bertz CT molecular complexity index is 509. The number of pyridine rings is 1. The zero-order valence-electron chi connectivity index (χ0n) is 7.99. The molecule has 2 rings (SSSR count).